The highest BCUT2D eigenvalue weighted by atomic mass is 16.5. The number of ether oxygens (including phenoxy) is 1. The number of anilines is 1. The van der Waals surface area contributed by atoms with E-state index in [4.69, 9.17) is 4.74 Å². The van der Waals surface area contributed by atoms with E-state index in [-0.39, 0.29) is 11.8 Å². The lowest BCUT2D eigenvalue weighted by Crippen LogP contribution is -2.22. The molecular formula is C17H17NO3. The number of rotatable bonds is 5. The summed E-state index contributed by atoms with van der Waals surface area (Å²) in [6, 6.07) is 15.8. The van der Waals surface area contributed by atoms with Crippen LogP contribution in [0.4, 0.5) is 5.69 Å². The molecule has 0 saturated heterocycles. The summed E-state index contributed by atoms with van der Waals surface area (Å²) in [6.07, 6.45) is 0. The van der Waals surface area contributed by atoms with E-state index in [1.165, 1.54) is 14.0 Å². The lowest BCUT2D eigenvalue weighted by atomic mass is 10.1. The van der Waals surface area contributed by atoms with Gasteiger partial charge in [0.15, 0.2) is 11.8 Å². The SMILES string of the molecule is COC(=O)C(Nc1ccc(C(C)=O)cc1)c1ccccc1. The second-order valence-corrected chi connectivity index (χ2v) is 4.64. The van der Waals surface area contributed by atoms with Crippen LogP contribution in [0.1, 0.15) is 28.9 Å². The van der Waals surface area contributed by atoms with E-state index in [1.807, 2.05) is 30.3 Å². The molecule has 0 bridgehead atoms. The summed E-state index contributed by atoms with van der Waals surface area (Å²) >= 11 is 0. The van der Waals surface area contributed by atoms with Gasteiger partial charge in [0.25, 0.3) is 0 Å². The van der Waals surface area contributed by atoms with E-state index in [0.717, 1.165) is 11.3 Å². The van der Waals surface area contributed by atoms with Gasteiger partial charge >= 0.3 is 5.97 Å². The van der Waals surface area contributed by atoms with Crippen LogP contribution in [0.5, 0.6) is 0 Å². The summed E-state index contributed by atoms with van der Waals surface area (Å²) in [7, 11) is 1.36. The van der Waals surface area contributed by atoms with Crippen molar-refractivity contribution in [3.8, 4) is 0 Å². The monoisotopic (exact) mass is 283 g/mol. The molecule has 2 aromatic carbocycles. The fourth-order valence-electron chi connectivity index (χ4n) is 2.01. The molecule has 0 spiro atoms. The van der Waals surface area contributed by atoms with Gasteiger partial charge in [0.2, 0.25) is 0 Å². The van der Waals surface area contributed by atoms with Crippen molar-refractivity contribution in [2.75, 3.05) is 12.4 Å². The van der Waals surface area contributed by atoms with Crippen LogP contribution in [0, 0.1) is 0 Å². The highest BCUT2D eigenvalue weighted by molar-refractivity contribution is 5.94. The maximum atomic E-state index is 12.0. The topological polar surface area (TPSA) is 55.4 Å². The molecule has 0 amide bonds. The Hall–Kier alpha value is -2.62. The van der Waals surface area contributed by atoms with Crippen LogP contribution in [-0.4, -0.2) is 18.9 Å². The van der Waals surface area contributed by atoms with Gasteiger partial charge in [0.1, 0.15) is 0 Å². The Balaban J connectivity index is 2.23. The summed E-state index contributed by atoms with van der Waals surface area (Å²) < 4.78 is 4.85. The van der Waals surface area contributed by atoms with Crippen LogP contribution < -0.4 is 5.32 Å². The van der Waals surface area contributed by atoms with Crippen LogP contribution in [0.3, 0.4) is 0 Å². The molecular weight excluding hydrogens is 266 g/mol. The molecule has 0 aliphatic rings. The van der Waals surface area contributed by atoms with Gasteiger partial charge in [-0.15, -0.1) is 0 Å². The molecule has 108 valence electrons. The Morgan fingerprint density at radius 1 is 1.00 bits per heavy atom. The number of methoxy groups -OCH3 is 1. The first-order valence-electron chi connectivity index (χ1n) is 6.62. The zero-order valence-corrected chi connectivity index (χ0v) is 12.0. The highest BCUT2D eigenvalue weighted by Crippen LogP contribution is 2.21. The first-order chi connectivity index (χ1) is 10.1. The lowest BCUT2D eigenvalue weighted by Gasteiger charge is -2.18. The third-order valence-corrected chi connectivity index (χ3v) is 3.17. The quantitative estimate of drug-likeness (QED) is 0.676. The van der Waals surface area contributed by atoms with E-state index in [2.05, 4.69) is 5.32 Å². The number of nitrogens with one attached hydrogen (secondary N) is 1. The molecule has 2 aromatic rings. The molecule has 0 heterocycles. The number of benzene rings is 2. The molecule has 1 atom stereocenters. The van der Waals surface area contributed by atoms with Gasteiger partial charge in [0, 0.05) is 11.3 Å². The van der Waals surface area contributed by atoms with Crippen LogP contribution in [0.2, 0.25) is 0 Å². The lowest BCUT2D eigenvalue weighted by molar-refractivity contribution is -0.141. The molecule has 1 unspecified atom stereocenters. The Bertz CT molecular complexity index is 620. The Labute approximate surface area is 123 Å². The normalized spacial score (nSPS) is 11.5. The summed E-state index contributed by atoms with van der Waals surface area (Å²) in [6.45, 7) is 1.52. The average molecular weight is 283 g/mol. The van der Waals surface area contributed by atoms with Gasteiger partial charge in [-0.1, -0.05) is 30.3 Å². The van der Waals surface area contributed by atoms with E-state index in [0.29, 0.717) is 5.56 Å². The minimum Gasteiger partial charge on any atom is -0.467 e. The summed E-state index contributed by atoms with van der Waals surface area (Å²) in [4.78, 5) is 23.2. The minimum absolute atomic E-state index is 0.00845. The smallest absolute Gasteiger partial charge is 0.332 e. The molecule has 1 N–H and O–H groups in total. The van der Waals surface area contributed by atoms with Crippen LogP contribution in [0.15, 0.2) is 54.6 Å². The first kappa shape index (κ1) is 14.8. The van der Waals surface area contributed by atoms with Crippen LogP contribution in [0.25, 0.3) is 0 Å². The fraction of sp³-hybridized carbons (Fsp3) is 0.176. The highest BCUT2D eigenvalue weighted by Gasteiger charge is 2.20. The molecule has 0 aliphatic carbocycles. The van der Waals surface area contributed by atoms with Gasteiger partial charge in [0.05, 0.1) is 7.11 Å². The van der Waals surface area contributed by atoms with Gasteiger partial charge in [-0.05, 0) is 36.8 Å². The van der Waals surface area contributed by atoms with Crippen molar-refractivity contribution in [1.29, 1.82) is 0 Å². The standard InChI is InChI=1S/C17H17NO3/c1-12(19)13-8-10-15(11-9-13)18-16(17(20)21-2)14-6-4-3-5-7-14/h3-11,16,18H,1-2H3. The largest absolute Gasteiger partial charge is 0.467 e. The third kappa shape index (κ3) is 3.69. The predicted molar refractivity (Wildman–Crippen MR) is 81.3 cm³/mol. The molecule has 21 heavy (non-hydrogen) atoms. The van der Waals surface area contributed by atoms with E-state index < -0.39 is 6.04 Å². The maximum Gasteiger partial charge on any atom is 0.332 e. The average Bonchev–Trinajstić information content (AvgIpc) is 2.53. The molecule has 0 radical (unpaired) electrons. The molecule has 4 nitrogen and oxygen atoms in total. The number of carbonyl (C=O) groups excluding carboxylic acids is 2. The summed E-state index contributed by atoms with van der Waals surface area (Å²) in [5.74, 6) is -0.356. The number of carbonyl (C=O) groups is 2. The minimum atomic E-state index is -0.584. The Morgan fingerprint density at radius 2 is 1.62 bits per heavy atom. The van der Waals surface area contributed by atoms with Crippen molar-refractivity contribution in [2.24, 2.45) is 0 Å². The molecule has 2 rings (SSSR count). The molecule has 0 aromatic heterocycles. The van der Waals surface area contributed by atoms with Gasteiger partial charge in [-0.25, -0.2) is 4.79 Å². The van der Waals surface area contributed by atoms with Gasteiger partial charge < -0.3 is 10.1 Å². The first-order valence-corrected chi connectivity index (χ1v) is 6.62. The van der Waals surface area contributed by atoms with Gasteiger partial charge in [-0.3, -0.25) is 4.79 Å². The number of hydrogen-bond donors (Lipinski definition) is 1. The summed E-state index contributed by atoms with van der Waals surface area (Å²) in [5.41, 5.74) is 2.20. The number of Topliss-reactive ketones (excluding diaryl/α,β-unsaturated/α-hetero) is 1. The molecule has 0 fully saturated rings. The van der Waals surface area contributed by atoms with Crippen molar-refractivity contribution >= 4 is 17.4 Å². The van der Waals surface area contributed by atoms with Crippen molar-refractivity contribution in [2.45, 2.75) is 13.0 Å². The van der Waals surface area contributed by atoms with E-state index in [1.54, 1.807) is 24.3 Å². The molecule has 0 saturated carbocycles. The molecule has 4 heteroatoms. The second-order valence-electron chi connectivity index (χ2n) is 4.64. The van der Waals surface area contributed by atoms with Crippen molar-refractivity contribution in [3.63, 3.8) is 0 Å². The van der Waals surface area contributed by atoms with E-state index in [9.17, 15) is 9.59 Å². The van der Waals surface area contributed by atoms with Crippen LogP contribution >= 0.6 is 0 Å². The van der Waals surface area contributed by atoms with Crippen LogP contribution in [-0.2, 0) is 9.53 Å². The Morgan fingerprint density at radius 3 is 2.14 bits per heavy atom. The predicted octanol–water partition coefficient (Wildman–Crippen LogP) is 3.22. The second kappa shape index (κ2) is 6.70. The zero-order chi connectivity index (χ0) is 15.2. The van der Waals surface area contributed by atoms with Crippen molar-refractivity contribution in [1.82, 2.24) is 0 Å². The third-order valence-electron chi connectivity index (χ3n) is 3.17. The number of hydrogen-bond acceptors (Lipinski definition) is 4. The number of esters is 1. The zero-order valence-electron chi connectivity index (χ0n) is 12.0. The van der Waals surface area contributed by atoms with Crippen molar-refractivity contribution in [3.05, 3.63) is 65.7 Å². The van der Waals surface area contributed by atoms with Crippen molar-refractivity contribution < 1.29 is 14.3 Å². The fourth-order valence-corrected chi connectivity index (χ4v) is 2.01. The summed E-state index contributed by atoms with van der Waals surface area (Å²) in [5, 5.41) is 3.13. The van der Waals surface area contributed by atoms with E-state index >= 15 is 0 Å². The number of ketones is 1. The van der Waals surface area contributed by atoms with Gasteiger partial charge in [-0.2, -0.15) is 0 Å². The molecule has 0 aliphatic heterocycles. The maximum absolute atomic E-state index is 12.0. The Kier molecular flexibility index (Phi) is 4.72.